The number of amides is 2. The van der Waals surface area contributed by atoms with Gasteiger partial charge in [-0.3, -0.25) is 9.59 Å². The highest BCUT2D eigenvalue weighted by atomic mass is 35.5. The highest BCUT2D eigenvalue weighted by molar-refractivity contribution is 6.42. The second-order valence-electron chi connectivity index (χ2n) is 8.10. The predicted octanol–water partition coefficient (Wildman–Crippen LogP) is 6.00. The number of halogens is 11. The van der Waals surface area contributed by atoms with Gasteiger partial charge in [0, 0.05) is 17.5 Å². The molecule has 0 radical (unpaired) electrons. The van der Waals surface area contributed by atoms with Crippen LogP contribution in [0, 0.1) is 0 Å². The Morgan fingerprint density at radius 1 is 0.949 bits per heavy atom. The molecule has 212 valence electrons. The molecule has 1 atom stereocenters. The first kappa shape index (κ1) is 30.3. The summed E-state index contributed by atoms with van der Waals surface area (Å²) in [6.45, 7) is -2.38. The van der Waals surface area contributed by atoms with Gasteiger partial charge in [-0.25, -0.2) is 0 Å². The minimum Gasteiger partial charge on any atom is -0.374 e. The van der Waals surface area contributed by atoms with E-state index in [9.17, 15) is 49.1 Å². The van der Waals surface area contributed by atoms with Crippen LogP contribution in [0.3, 0.4) is 0 Å². The third kappa shape index (κ3) is 6.87. The van der Waals surface area contributed by atoms with Gasteiger partial charge in [0.15, 0.2) is 0 Å². The highest BCUT2D eigenvalue weighted by Crippen LogP contribution is 2.51. The van der Waals surface area contributed by atoms with E-state index in [1.165, 1.54) is 0 Å². The monoisotopic (exact) mass is 609 g/mol. The van der Waals surface area contributed by atoms with E-state index < -0.39 is 76.6 Å². The largest absolute Gasteiger partial charge is 0.435 e. The molecule has 0 aromatic heterocycles. The van der Waals surface area contributed by atoms with Crippen molar-refractivity contribution in [2.45, 2.75) is 30.6 Å². The molecule has 0 bridgehead atoms. The minimum atomic E-state index is -5.26. The Morgan fingerprint density at radius 2 is 1.56 bits per heavy atom. The van der Waals surface area contributed by atoms with E-state index in [0.29, 0.717) is 6.07 Å². The molecule has 0 spiro atoms. The maximum absolute atomic E-state index is 14.2. The molecule has 3 rings (SSSR count). The van der Waals surface area contributed by atoms with E-state index >= 15 is 0 Å². The molecule has 1 unspecified atom stereocenters. The number of carbonyl (C=O) groups excluding carboxylic acids is 2. The van der Waals surface area contributed by atoms with Crippen LogP contribution in [0.15, 0.2) is 41.6 Å². The van der Waals surface area contributed by atoms with E-state index in [4.69, 9.17) is 28.0 Å². The number of oxime groups is 1. The van der Waals surface area contributed by atoms with Gasteiger partial charge in [0.05, 0.1) is 27.9 Å². The number of benzene rings is 2. The molecule has 0 saturated carbocycles. The Morgan fingerprint density at radius 3 is 2.10 bits per heavy atom. The summed E-state index contributed by atoms with van der Waals surface area (Å²) in [6, 6.07) is 5.33. The van der Waals surface area contributed by atoms with E-state index in [0.717, 1.165) is 24.3 Å². The minimum absolute atomic E-state index is 0.0108. The van der Waals surface area contributed by atoms with Gasteiger partial charge < -0.3 is 15.5 Å². The van der Waals surface area contributed by atoms with Crippen LogP contribution < -0.4 is 10.6 Å². The van der Waals surface area contributed by atoms with E-state index in [1.807, 2.05) is 0 Å². The molecule has 0 saturated heterocycles. The zero-order chi connectivity index (χ0) is 29.4. The predicted molar refractivity (Wildman–Crippen MR) is 119 cm³/mol. The second kappa shape index (κ2) is 10.8. The Kier molecular flexibility index (Phi) is 8.37. The third-order valence-electron chi connectivity index (χ3n) is 5.36. The Labute approximate surface area is 223 Å². The quantitative estimate of drug-likeness (QED) is 0.394. The molecule has 0 fully saturated rings. The summed E-state index contributed by atoms with van der Waals surface area (Å²) in [6.07, 6.45) is -16.1. The summed E-state index contributed by atoms with van der Waals surface area (Å²) >= 11 is 11.2. The van der Waals surface area contributed by atoms with Gasteiger partial charge in [-0.1, -0.05) is 40.5 Å². The average molecular weight is 610 g/mol. The summed E-state index contributed by atoms with van der Waals surface area (Å²) in [7, 11) is 0. The SMILES string of the molecule is O=C(CNC(=O)c1ccc(C2=NOC(c3cc(Cl)c(Cl)c(C(F)(F)F)c3)(C(F)(F)F)C2)cc1)NCC(F)(F)F. The molecule has 0 aliphatic carbocycles. The van der Waals surface area contributed by atoms with Crippen LogP contribution in [-0.4, -0.2) is 43.0 Å². The van der Waals surface area contributed by atoms with Crippen LogP contribution in [0.5, 0.6) is 0 Å². The van der Waals surface area contributed by atoms with Gasteiger partial charge in [0.25, 0.3) is 11.5 Å². The Balaban J connectivity index is 1.78. The van der Waals surface area contributed by atoms with Gasteiger partial charge in [-0.05, 0) is 29.8 Å². The fourth-order valence-corrected chi connectivity index (χ4v) is 3.86. The molecule has 2 amide bonds. The van der Waals surface area contributed by atoms with Crippen molar-refractivity contribution in [3.63, 3.8) is 0 Å². The molecule has 2 aromatic rings. The normalized spacial score (nSPS) is 17.9. The van der Waals surface area contributed by atoms with Crippen LogP contribution in [0.4, 0.5) is 39.5 Å². The number of alkyl halides is 9. The summed E-state index contributed by atoms with van der Waals surface area (Å²) in [5.41, 5.74) is -6.35. The lowest BCUT2D eigenvalue weighted by atomic mass is 9.85. The van der Waals surface area contributed by atoms with E-state index in [1.54, 1.807) is 5.32 Å². The molecule has 17 heteroatoms. The van der Waals surface area contributed by atoms with E-state index in [-0.39, 0.29) is 22.9 Å². The van der Waals surface area contributed by atoms with Crippen LogP contribution in [0.25, 0.3) is 0 Å². The van der Waals surface area contributed by atoms with Gasteiger partial charge in [0.1, 0.15) is 6.54 Å². The van der Waals surface area contributed by atoms with Crippen molar-refractivity contribution in [2.75, 3.05) is 13.1 Å². The maximum Gasteiger partial charge on any atom is 0.435 e. The van der Waals surface area contributed by atoms with Crippen molar-refractivity contribution >= 4 is 40.7 Å². The first-order chi connectivity index (χ1) is 17.8. The molecule has 2 N–H and O–H groups in total. The van der Waals surface area contributed by atoms with Crippen LogP contribution in [-0.2, 0) is 21.4 Å². The van der Waals surface area contributed by atoms with E-state index in [2.05, 4.69) is 10.5 Å². The lowest BCUT2D eigenvalue weighted by molar-refractivity contribution is -0.276. The lowest BCUT2D eigenvalue weighted by Gasteiger charge is -2.30. The summed E-state index contributed by atoms with van der Waals surface area (Å²) < 4.78 is 119. The first-order valence-corrected chi connectivity index (χ1v) is 11.2. The topological polar surface area (TPSA) is 79.8 Å². The summed E-state index contributed by atoms with van der Waals surface area (Å²) in [5, 5.41) is 5.25. The number of carbonyl (C=O) groups is 2. The number of rotatable bonds is 6. The van der Waals surface area contributed by atoms with Gasteiger partial charge >= 0.3 is 18.5 Å². The van der Waals surface area contributed by atoms with Crippen molar-refractivity contribution in [1.29, 1.82) is 0 Å². The standard InChI is InChI=1S/C22H14Cl2F9N3O3/c23-14-6-12(5-13(17(14)24)21(28,29)30)19(22(31,32)33)7-15(36-39-19)10-1-3-11(4-2-10)18(38)34-8-16(37)35-9-20(25,26)27/h1-6H,7-9H2,(H,34,38)(H,35,37). The van der Waals surface area contributed by atoms with Crippen molar-refractivity contribution in [3.8, 4) is 0 Å². The Hall–Kier alpha value is -3.20. The Bertz CT molecular complexity index is 1290. The fraction of sp³-hybridized carbons (Fsp3) is 0.318. The van der Waals surface area contributed by atoms with Crippen molar-refractivity contribution in [1.82, 2.24) is 10.6 Å². The van der Waals surface area contributed by atoms with Gasteiger partial charge in [-0.15, -0.1) is 0 Å². The molecule has 2 aromatic carbocycles. The van der Waals surface area contributed by atoms with Gasteiger partial charge in [0.2, 0.25) is 5.91 Å². The summed E-state index contributed by atoms with van der Waals surface area (Å²) in [5.74, 6) is -2.00. The van der Waals surface area contributed by atoms with Crippen LogP contribution in [0.2, 0.25) is 10.0 Å². The molecule has 39 heavy (non-hydrogen) atoms. The molecule has 6 nitrogen and oxygen atoms in total. The maximum atomic E-state index is 14.2. The number of hydrogen-bond donors (Lipinski definition) is 2. The van der Waals surface area contributed by atoms with Crippen LogP contribution >= 0.6 is 23.2 Å². The van der Waals surface area contributed by atoms with Gasteiger partial charge in [-0.2, -0.15) is 39.5 Å². The number of hydrogen-bond acceptors (Lipinski definition) is 4. The van der Waals surface area contributed by atoms with Crippen molar-refractivity contribution in [2.24, 2.45) is 5.16 Å². The van der Waals surface area contributed by atoms with Crippen molar-refractivity contribution < 1.29 is 53.9 Å². The smallest absolute Gasteiger partial charge is 0.374 e. The molecule has 1 aliphatic rings. The zero-order valence-corrected chi connectivity index (χ0v) is 20.4. The lowest BCUT2D eigenvalue weighted by Crippen LogP contribution is -2.43. The van der Waals surface area contributed by atoms with Crippen molar-refractivity contribution in [3.05, 3.63) is 68.7 Å². The zero-order valence-electron chi connectivity index (χ0n) is 18.9. The average Bonchev–Trinajstić information content (AvgIpc) is 3.29. The van der Waals surface area contributed by atoms with Crippen LogP contribution in [0.1, 0.15) is 33.5 Å². The summed E-state index contributed by atoms with van der Waals surface area (Å²) in [4.78, 5) is 28.2. The number of nitrogens with one attached hydrogen (secondary N) is 2. The molecule has 1 aliphatic heterocycles. The number of nitrogens with zero attached hydrogens (tertiary/aromatic N) is 1. The fourth-order valence-electron chi connectivity index (χ4n) is 3.42. The second-order valence-corrected chi connectivity index (χ2v) is 8.89. The molecular weight excluding hydrogens is 596 g/mol. The molecular formula is C22H14Cl2F9N3O3. The first-order valence-electron chi connectivity index (χ1n) is 10.4. The highest BCUT2D eigenvalue weighted by Gasteiger charge is 2.62. The third-order valence-corrected chi connectivity index (χ3v) is 6.16. The molecule has 1 heterocycles.